The van der Waals surface area contributed by atoms with Gasteiger partial charge in [0, 0.05) is 18.7 Å². The molecule has 0 aliphatic heterocycles. The largest absolute Gasteiger partial charge is 0.351 e. The highest BCUT2D eigenvalue weighted by Gasteiger charge is 2.14. The van der Waals surface area contributed by atoms with Gasteiger partial charge in [0.25, 0.3) is 5.91 Å². The molecule has 1 aromatic heterocycles. The molecule has 1 amide bonds. The van der Waals surface area contributed by atoms with Crippen molar-refractivity contribution in [1.29, 1.82) is 0 Å². The first-order chi connectivity index (χ1) is 9.72. The van der Waals surface area contributed by atoms with Crippen molar-refractivity contribution in [3.63, 3.8) is 0 Å². The molecule has 2 aromatic rings. The van der Waals surface area contributed by atoms with Crippen LogP contribution in [0, 0.1) is 5.82 Å². The first-order valence-corrected chi connectivity index (χ1v) is 6.50. The van der Waals surface area contributed by atoms with Gasteiger partial charge in [-0.05, 0) is 30.8 Å². The molecular weight excluding hydrogens is 259 g/mol. The van der Waals surface area contributed by atoms with E-state index in [1.807, 2.05) is 6.92 Å². The predicted octanol–water partition coefficient (Wildman–Crippen LogP) is 1.56. The molecule has 0 fully saturated rings. The summed E-state index contributed by atoms with van der Waals surface area (Å²) >= 11 is 0. The first kappa shape index (κ1) is 14.2. The number of amides is 1. The highest BCUT2D eigenvalue weighted by atomic mass is 19.1. The molecule has 0 saturated heterocycles. The number of likely N-dealkylation sites (N-methyl/N-ethyl adjacent to an activating group) is 1. The molecule has 0 bridgehead atoms. The average Bonchev–Trinajstić information content (AvgIpc) is 2.93. The van der Waals surface area contributed by atoms with Gasteiger partial charge in [0.2, 0.25) is 0 Å². The Morgan fingerprint density at radius 3 is 2.75 bits per heavy atom. The highest BCUT2D eigenvalue weighted by molar-refractivity contribution is 5.99. The van der Waals surface area contributed by atoms with E-state index >= 15 is 0 Å². The lowest BCUT2D eigenvalue weighted by molar-refractivity contribution is 0.0954. The van der Waals surface area contributed by atoms with Crippen LogP contribution in [-0.4, -0.2) is 35.7 Å². The molecule has 6 heteroatoms. The Labute approximate surface area is 116 Å². The van der Waals surface area contributed by atoms with E-state index in [-0.39, 0.29) is 11.7 Å². The van der Waals surface area contributed by atoms with Gasteiger partial charge < -0.3 is 10.6 Å². The Morgan fingerprint density at radius 1 is 1.30 bits per heavy atom. The van der Waals surface area contributed by atoms with E-state index < -0.39 is 0 Å². The van der Waals surface area contributed by atoms with E-state index in [4.69, 9.17) is 0 Å². The third-order valence-corrected chi connectivity index (χ3v) is 2.85. The number of hydrogen-bond donors (Lipinski definition) is 3. The van der Waals surface area contributed by atoms with Crippen molar-refractivity contribution < 1.29 is 9.18 Å². The summed E-state index contributed by atoms with van der Waals surface area (Å²) < 4.78 is 12.9. The van der Waals surface area contributed by atoms with Gasteiger partial charge in [-0.1, -0.05) is 6.92 Å². The minimum atomic E-state index is -0.315. The normalized spacial score (nSPS) is 10.5. The van der Waals surface area contributed by atoms with E-state index in [1.54, 1.807) is 12.1 Å². The van der Waals surface area contributed by atoms with Crippen LogP contribution in [0.3, 0.4) is 0 Å². The smallest absolute Gasteiger partial charge is 0.255 e. The van der Waals surface area contributed by atoms with Crippen LogP contribution in [0.4, 0.5) is 4.39 Å². The van der Waals surface area contributed by atoms with Crippen molar-refractivity contribution in [3.8, 4) is 11.3 Å². The first-order valence-electron chi connectivity index (χ1n) is 6.50. The number of H-pyrrole nitrogens is 1. The number of nitrogens with zero attached hydrogens (tertiary/aromatic N) is 1. The summed E-state index contributed by atoms with van der Waals surface area (Å²) in [5.41, 5.74) is 1.76. The maximum absolute atomic E-state index is 12.9. The lowest BCUT2D eigenvalue weighted by Gasteiger charge is -2.06. The van der Waals surface area contributed by atoms with Crippen LogP contribution in [-0.2, 0) is 0 Å². The van der Waals surface area contributed by atoms with Crippen molar-refractivity contribution in [2.45, 2.75) is 6.92 Å². The molecule has 5 nitrogen and oxygen atoms in total. The van der Waals surface area contributed by atoms with E-state index in [2.05, 4.69) is 20.8 Å². The highest BCUT2D eigenvalue weighted by Crippen LogP contribution is 2.21. The molecule has 0 aliphatic rings. The van der Waals surface area contributed by atoms with Crippen molar-refractivity contribution in [1.82, 2.24) is 20.8 Å². The van der Waals surface area contributed by atoms with Crippen molar-refractivity contribution in [2.75, 3.05) is 19.6 Å². The third-order valence-electron chi connectivity index (χ3n) is 2.85. The number of rotatable bonds is 6. The number of benzene rings is 1. The van der Waals surface area contributed by atoms with Gasteiger partial charge >= 0.3 is 0 Å². The molecule has 20 heavy (non-hydrogen) atoms. The summed E-state index contributed by atoms with van der Waals surface area (Å²) in [5, 5.41) is 12.6. The molecule has 0 spiro atoms. The monoisotopic (exact) mass is 276 g/mol. The lowest BCUT2D eigenvalue weighted by atomic mass is 10.1. The average molecular weight is 276 g/mol. The van der Waals surface area contributed by atoms with Crippen LogP contribution in [0.2, 0.25) is 0 Å². The second kappa shape index (κ2) is 6.81. The van der Waals surface area contributed by atoms with Gasteiger partial charge in [-0.15, -0.1) is 0 Å². The van der Waals surface area contributed by atoms with E-state index in [0.29, 0.717) is 24.3 Å². The Hall–Kier alpha value is -2.21. The number of carbonyl (C=O) groups is 1. The van der Waals surface area contributed by atoms with Crippen molar-refractivity contribution in [3.05, 3.63) is 41.8 Å². The molecule has 0 atom stereocenters. The molecule has 0 radical (unpaired) electrons. The molecule has 0 saturated carbocycles. The van der Waals surface area contributed by atoms with Crippen molar-refractivity contribution in [2.24, 2.45) is 0 Å². The fourth-order valence-electron chi connectivity index (χ4n) is 1.83. The van der Waals surface area contributed by atoms with Crippen LogP contribution in [0.15, 0.2) is 30.5 Å². The Bertz CT molecular complexity index is 565. The van der Waals surface area contributed by atoms with Gasteiger partial charge in [0.05, 0.1) is 17.5 Å². The number of aromatic amines is 1. The summed E-state index contributed by atoms with van der Waals surface area (Å²) in [6.07, 6.45) is 1.47. The SMILES string of the molecule is CCNCCNC(=O)c1cn[nH]c1-c1ccc(F)cc1. The van der Waals surface area contributed by atoms with Crippen molar-refractivity contribution >= 4 is 5.91 Å². The minimum Gasteiger partial charge on any atom is -0.351 e. The zero-order valence-corrected chi connectivity index (χ0v) is 11.2. The number of halogens is 1. The van der Waals surface area contributed by atoms with E-state index in [1.165, 1.54) is 18.3 Å². The fraction of sp³-hybridized carbons (Fsp3) is 0.286. The number of aromatic nitrogens is 2. The zero-order chi connectivity index (χ0) is 14.4. The van der Waals surface area contributed by atoms with Crippen LogP contribution in [0.1, 0.15) is 17.3 Å². The second-order valence-electron chi connectivity index (χ2n) is 4.28. The second-order valence-corrected chi connectivity index (χ2v) is 4.28. The van der Waals surface area contributed by atoms with Gasteiger partial charge in [0.1, 0.15) is 5.82 Å². The Balaban J connectivity index is 2.08. The molecule has 1 heterocycles. The summed E-state index contributed by atoms with van der Waals surface area (Å²) in [6, 6.07) is 5.92. The van der Waals surface area contributed by atoms with E-state index in [0.717, 1.165) is 12.1 Å². The maximum Gasteiger partial charge on any atom is 0.255 e. The third kappa shape index (κ3) is 3.42. The van der Waals surface area contributed by atoms with Gasteiger partial charge in [-0.2, -0.15) is 5.10 Å². The zero-order valence-electron chi connectivity index (χ0n) is 11.2. The minimum absolute atomic E-state index is 0.198. The summed E-state index contributed by atoms with van der Waals surface area (Å²) in [7, 11) is 0. The van der Waals surface area contributed by atoms with Crippen LogP contribution in [0.25, 0.3) is 11.3 Å². The van der Waals surface area contributed by atoms with E-state index in [9.17, 15) is 9.18 Å². The fourth-order valence-corrected chi connectivity index (χ4v) is 1.83. The predicted molar refractivity (Wildman–Crippen MR) is 74.9 cm³/mol. The lowest BCUT2D eigenvalue weighted by Crippen LogP contribution is -2.31. The Morgan fingerprint density at radius 2 is 2.05 bits per heavy atom. The molecular formula is C14H17FN4O. The summed E-state index contributed by atoms with van der Waals surface area (Å²) in [5.74, 6) is -0.513. The topological polar surface area (TPSA) is 69.8 Å². The molecule has 106 valence electrons. The number of hydrogen-bond acceptors (Lipinski definition) is 3. The molecule has 1 aromatic carbocycles. The van der Waals surface area contributed by atoms with Crippen LogP contribution >= 0.6 is 0 Å². The summed E-state index contributed by atoms with van der Waals surface area (Å²) in [6.45, 7) is 4.12. The quantitative estimate of drug-likeness (QED) is 0.701. The summed E-state index contributed by atoms with van der Waals surface area (Å²) in [4.78, 5) is 12.1. The van der Waals surface area contributed by atoms with Crippen LogP contribution in [0.5, 0.6) is 0 Å². The number of carbonyl (C=O) groups excluding carboxylic acids is 1. The Kier molecular flexibility index (Phi) is 4.84. The molecule has 0 unspecified atom stereocenters. The van der Waals surface area contributed by atoms with Gasteiger partial charge in [-0.25, -0.2) is 4.39 Å². The van der Waals surface area contributed by atoms with Gasteiger partial charge in [-0.3, -0.25) is 9.89 Å². The van der Waals surface area contributed by atoms with Crippen LogP contribution < -0.4 is 10.6 Å². The molecule has 2 rings (SSSR count). The molecule has 0 aliphatic carbocycles. The number of nitrogens with one attached hydrogen (secondary N) is 3. The standard InChI is InChI=1S/C14H17FN4O/c1-2-16-7-8-17-14(20)12-9-18-19-13(12)10-3-5-11(15)6-4-10/h3-6,9,16H,2,7-8H2,1H3,(H,17,20)(H,18,19). The van der Waals surface area contributed by atoms with Gasteiger partial charge in [0.15, 0.2) is 0 Å². The maximum atomic E-state index is 12.9. The molecule has 3 N–H and O–H groups in total.